The normalized spacial score (nSPS) is 11.6. The van der Waals surface area contributed by atoms with E-state index in [1.54, 1.807) is 12.3 Å². The number of alkyl halides is 3. The molecule has 7 heteroatoms. The van der Waals surface area contributed by atoms with Gasteiger partial charge in [0.2, 0.25) is 0 Å². The van der Waals surface area contributed by atoms with Crippen LogP contribution in [0, 0.1) is 6.92 Å². The monoisotopic (exact) mass is 380 g/mol. The largest absolute Gasteiger partial charge is 0.416 e. The molecule has 0 radical (unpaired) electrons. The van der Waals surface area contributed by atoms with Gasteiger partial charge in [0, 0.05) is 17.3 Å². The molecule has 4 aromatic rings. The van der Waals surface area contributed by atoms with Gasteiger partial charge in [0.05, 0.1) is 22.6 Å². The van der Waals surface area contributed by atoms with E-state index < -0.39 is 11.7 Å². The lowest BCUT2D eigenvalue weighted by Gasteiger charge is -2.07. The standard InChI is InChI=1S/C21H15F3N4/c1-13-2-4-15(5-3-13)20-27-18(19(28-20)17-10-11-25-12-26-17)14-6-8-16(9-7-14)21(22,23)24/h2-12H,1H3,(H,27,28). The Morgan fingerprint density at radius 1 is 0.857 bits per heavy atom. The smallest absolute Gasteiger partial charge is 0.336 e. The van der Waals surface area contributed by atoms with Crippen molar-refractivity contribution in [2.45, 2.75) is 13.1 Å². The number of aromatic amines is 1. The first-order valence-electron chi connectivity index (χ1n) is 8.53. The molecule has 0 aliphatic rings. The van der Waals surface area contributed by atoms with E-state index in [-0.39, 0.29) is 0 Å². The lowest BCUT2D eigenvalue weighted by atomic mass is 10.1. The van der Waals surface area contributed by atoms with Crippen molar-refractivity contribution in [2.75, 3.05) is 0 Å². The van der Waals surface area contributed by atoms with Crippen LogP contribution in [0.4, 0.5) is 13.2 Å². The van der Waals surface area contributed by atoms with E-state index in [0.717, 1.165) is 23.3 Å². The first-order valence-corrected chi connectivity index (χ1v) is 8.53. The SMILES string of the molecule is Cc1ccc(-c2nc(-c3ccc(C(F)(F)F)cc3)c(-c3ccncn3)[nH]2)cc1. The van der Waals surface area contributed by atoms with Gasteiger partial charge in [0.1, 0.15) is 12.2 Å². The molecule has 0 aliphatic heterocycles. The van der Waals surface area contributed by atoms with Crippen molar-refractivity contribution < 1.29 is 13.2 Å². The van der Waals surface area contributed by atoms with Gasteiger partial charge in [-0.3, -0.25) is 0 Å². The van der Waals surface area contributed by atoms with Gasteiger partial charge in [-0.05, 0) is 25.1 Å². The Morgan fingerprint density at radius 3 is 2.14 bits per heavy atom. The second-order valence-electron chi connectivity index (χ2n) is 6.34. The molecule has 0 saturated heterocycles. The molecule has 0 unspecified atom stereocenters. The second kappa shape index (κ2) is 6.92. The van der Waals surface area contributed by atoms with Crippen molar-refractivity contribution in [3.05, 3.63) is 78.2 Å². The molecule has 2 aromatic carbocycles. The number of rotatable bonds is 3. The van der Waals surface area contributed by atoms with Crippen molar-refractivity contribution in [2.24, 2.45) is 0 Å². The van der Waals surface area contributed by atoms with Crippen LogP contribution < -0.4 is 0 Å². The number of nitrogens with zero attached hydrogens (tertiary/aromatic N) is 3. The molecule has 0 aliphatic carbocycles. The fourth-order valence-electron chi connectivity index (χ4n) is 2.87. The van der Waals surface area contributed by atoms with E-state index in [9.17, 15) is 13.2 Å². The first kappa shape index (κ1) is 17.9. The van der Waals surface area contributed by atoms with Crippen molar-refractivity contribution in [1.29, 1.82) is 0 Å². The van der Waals surface area contributed by atoms with Crippen LogP contribution in [-0.4, -0.2) is 19.9 Å². The summed E-state index contributed by atoms with van der Waals surface area (Å²) in [4.78, 5) is 16.1. The molecule has 0 fully saturated rings. The Hall–Kier alpha value is -3.48. The number of halogens is 3. The highest BCUT2D eigenvalue weighted by Gasteiger charge is 2.30. The second-order valence-corrected chi connectivity index (χ2v) is 6.34. The molecule has 2 heterocycles. The molecule has 1 N–H and O–H groups in total. The highest BCUT2D eigenvalue weighted by Crippen LogP contribution is 2.34. The molecule has 0 atom stereocenters. The van der Waals surface area contributed by atoms with Crippen LogP contribution in [-0.2, 0) is 6.18 Å². The Bertz CT molecular complexity index is 1080. The van der Waals surface area contributed by atoms with Gasteiger partial charge in [0.15, 0.2) is 0 Å². The van der Waals surface area contributed by atoms with Gasteiger partial charge < -0.3 is 4.98 Å². The lowest BCUT2D eigenvalue weighted by Crippen LogP contribution is -2.04. The molecule has 0 spiro atoms. The minimum Gasteiger partial charge on any atom is -0.336 e. The van der Waals surface area contributed by atoms with Crippen molar-refractivity contribution in [3.8, 4) is 34.0 Å². The quantitative estimate of drug-likeness (QED) is 0.509. The molecule has 2 aromatic heterocycles. The van der Waals surface area contributed by atoms with Crippen LogP contribution >= 0.6 is 0 Å². The van der Waals surface area contributed by atoms with Crippen molar-refractivity contribution >= 4 is 0 Å². The fourth-order valence-corrected chi connectivity index (χ4v) is 2.87. The molecular weight excluding hydrogens is 365 g/mol. The van der Waals surface area contributed by atoms with Gasteiger partial charge >= 0.3 is 6.18 Å². The number of imidazole rings is 1. The van der Waals surface area contributed by atoms with Gasteiger partial charge in [-0.15, -0.1) is 0 Å². The van der Waals surface area contributed by atoms with Crippen LogP contribution in [0.2, 0.25) is 0 Å². The summed E-state index contributed by atoms with van der Waals surface area (Å²) in [5.41, 5.74) is 3.62. The van der Waals surface area contributed by atoms with Crippen LogP contribution in [0.15, 0.2) is 67.1 Å². The summed E-state index contributed by atoms with van der Waals surface area (Å²) in [6, 6.07) is 14.5. The first-order chi connectivity index (χ1) is 13.4. The minimum atomic E-state index is -4.38. The Kier molecular flexibility index (Phi) is 4.43. The number of hydrogen-bond donors (Lipinski definition) is 1. The number of benzene rings is 2. The zero-order valence-corrected chi connectivity index (χ0v) is 14.8. The van der Waals surface area contributed by atoms with E-state index >= 15 is 0 Å². The van der Waals surface area contributed by atoms with Crippen molar-refractivity contribution in [1.82, 2.24) is 19.9 Å². The van der Waals surface area contributed by atoms with Gasteiger partial charge in [-0.1, -0.05) is 42.0 Å². The third-order valence-electron chi connectivity index (χ3n) is 4.35. The van der Waals surface area contributed by atoms with Crippen LogP contribution in [0.1, 0.15) is 11.1 Å². The van der Waals surface area contributed by atoms with Gasteiger partial charge in [0.25, 0.3) is 0 Å². The van der Waals surface area contributed by atoms with Gasteiger partial charge in [-0.2, -0.15) is 13.2 Å². The molecular formula is C21H15F3N4. The third-order valence-corrected chi connectivity index (χ3v) is 4.35. The van der Waals surface area contributed by atoms with E-state index in [1.807, 2.05) is 31.2 Å². The predicted octanol–water partition coefficient (Wildman–Crippen LogP) is 5.53. The summed E-state index contributed by atoms with van der Waals surface area (Å²) in [6.07, 6.45) is -1.36. The maximum absolute atomic E-state index is 12.9. The number of aromatic nitrogens is 4. The molecule has 0 saturated carbocycles. The topological polar surface area (TPSA) is 54.5 Å². The van der Waals surface area contributed by atoms with E-state index in [2.05, 4.69) is 19.9 Å². The summed E-state index contributed by atoms with van der Waals surface area (Å²) < 4.78 is 38.7. The number of aryl methyl sites for hydroxylation is 1. The van der Waals surface area contributed by atoms with Crippen LogP contribution in [0.25, 0.3) is 34.0 Å². The molecule has 140 valence electrons. The summed E-state index contributed by atoms with van der Waals surface area (Å²) in [5, 5.41) is 0. The highest BCUT2D eigenvalue weighted by molar-refractivity contribution is 5.79. The number of H-pyrrole nitrogens is 1. The molecule has 4 nitrogen and oxygen atoms in total. The Morgan fingerprint density at radius 2 is 1.54 bits per heavy atom. The van der Waals surface area contributed by atoms with Crippen LogP contribution in [0.3, 0.4) is 0 Å². The van der Waals surface area contributed by atoms with E-state index in [0.29, 0.717) is 28.5 Å². The summed E-state index contributed by atoms with van der Waals surface area (Å²) >= 11 is 0. The van der Waals surface area contributed by atoms with E-state index in [4.69, 9.17) is 0 Å². The summed E-state index contributed by atoms with van der Waals surface area (Å²) in [7, 11) is 0. The summed E-state index contributed by atoms with van der Waals surface area (Å²) in [6.45, 7) is 1.99. The number of nitrogens with one attached hydrogen (secondary N) is 1. The third kappa shape index (κ3) is 3.51. The maximum atomic E-state index is 12.9. The zero-order valence-electron chi connectivity index (χ0n) is 14.8. The maximum Gasteiger partial charge on any atom is 0.416 e. The highest BCUT2D eigenvalue weighted by atomic mass is 19.4. The lowest BCUT2D eigenvalue weighted by molar-refractivity contribution is -0.137. The molecule has 0 amide bonds. The Labute approximate surface area is 159 Å². The fraction of sp³-hybridized carbons (Fsp3) is 0.0952. The molecule has 28 heavy (non-hydrogen) atoms. The van der Waals surface area contributed by atoms with Crippen molar-refractivity contribution in [3.63, 3.8) is 0 Å². The van der Waals surface area contributed by atoms with Gasteiger partial charge in [-0.25, -0.2) is 15.0 Å². The average molecular weight is 380 g/mol. The minimum absolute atomic E-state index is 0.531. The number of hydrogen-bond acceptors (Lipinski definition) is 3. The van der Waals surface area contributed by atoms with Crippen LogP contribution in [0.5, 0.6) is 0 Å². The summed E-state index contributed by atoms with van der Waals surface area (Å²) in [5.74, 6) is 0.614. The average Bonchev–Trinajstić information content (AvgIpc) is 3.14. The molecule has 4 rings (SSSR count). The molecule has 0 bridgehead atoms. The van der Waals surface area contributed by atoms with E-state index in [1.165, 1.54) is 18.5 Å². The zero-order chi connectivity index (χ0) is 19.7. The Balaban J connectivity index is 1.84. The predicted molar refractivity (Wildman–Crippen MR) is 100 cm³/mol.